The first-order valence-corrected chi connectivity index (χ1v) is 8.86. The average Bonchev–Trinajstić information content (AvgIpc) is 2.69. The van der Waals surface area contributed by atoms with E-state index in [1.807, 2.05) is 49.4 Å². The number of fused-ring (bicyclic) bond motifs is 1. The lowest BCUT2D eigenvalue weighted by Crippen LogP contribution is -2.19. The number of hydrogen-bond donors (Lipinski definition) is 2. The van der Waals surface area contributed by atoms with Crippen molar-refractivity contribution < 1.29 is 9.21 Å². The summed E-state index contributed by atoms with van der Waals surface area (Å²) < 4.78 is 5.91. The summed E-state index contributed by atoms with van der Waals surface area (Å²) in [5.41, 5.74) is 3.44. The summed E-state index contributed by atoms with van der Waals surface area (Å²) in [7, 11) is 0. The Balaban J connectivity index is 1.61. The lowest BCUT2D eigenvalue weighted by Gasteiger charge is -2.09. The van der Waals surface area contributed by atoms with Crippen LogP contribution in [0.25, 0.3) is 22.3 Å². The van der Waals surface area contributed by atoms with Gasteiger partial charge >= 0.3 is 6.03 Å². The molecule has 0 bridgehead atoms. The predicted molar refractivity (Wildman–Crippen MR) is 112 cm³/mol. The second-order valence-electron chi connectivity index (χ2n) is 6.50. The van der Waals surface area contributed by atoms with E-state index in [4.69, 9.17) is 4.42 Å². The molecule has 0 radical (unpaired) electrons. The van der Waals surface area contributed by atoms with Gasteiger partial charge in [0.2, 0.25) is 0 Å². The molecule has 1 heterocycles. The summed E-state index contributed by atoms with van der Waals surface area (Å²) in [5, 5.41) is 5.88. The fourth-order valence-corrected chi connectivity index (χ4v) is 2.99. The summed E-state index contributed by atoms with van der Waals surface area (Å²) in [4.78, 5) is 24.7. The lowest BCUT2D eigenvalue weighted by molar-refractivity contribution is 0.262. The highest BCUT2D eigenvalue weighted by atomic mass is 16.3. The normalized spacial score (nSPS) is 10.6. The molecule has 0 saturated carbocycles. The van der Waals surface area contributed by atoms with Crippen LogP contribution >= 0.6 is 0 Å². The third-order valence-electron chi connectivity index (χ3n) is 4.32. The summed E-state index contributed by atoms with van der Waals surface area (Å²) >= 11 is 0. The molecule has 3 aromatic carbocycles. The first-order valence-electron chi connectivity index (χ1n) is 8.86. The van der Waals surface area contributed by atoms with E-state index in [0.717, 1.165) is 11.1 Å². The van der Waals surface area contributed by atoms with E-state index in [1.54, 1.807) is 30.3 Å². The third kappa shape index (κ3) is 3.78. The Morgan fingerprint density at radius 1 is 0.821 bits per heavy atom. The minimum Gasteiger partial charge on any atom is -0.456 e. The Bertz CT molecular complexity index is 1210. The van der Waals surface area contributed by atoms with Gasteiger partial charge in [0.05, 0.1) is 5.39 Å². The zero-order valence-electron chi connectivity index (χ0n) is 15.2. The Morgan fingerprint density at radius 2 is 1.61 bits per heavy atom. The summed E-state index contributed by atoms with van der Waals surface area (Å²) in [6, 6.07) is 23.0. The number of nitrogens with one attached hydrogen (secondary N) is 2. The molecule has 0 aliphatic carbocycles. The van der Waals surface area contributed by atoms with Gasteiger partial charge in [-0.1, -0.05) is 42.0 Å². The van der Waals surface area contributed by atoms with Crippen molar-refractivity contribution in [3.05, 3.63) is 94.6 Å². The fraction of sp³-hybridized carbons (Fsp3) is 0.0435. The molecule has 4 rings (SSSR count). The molecule has 138 valence electrons. The van der Waals surface area contributed by atoms with Crippen molar-refractivity contribution in [1.29, 1.82) is 0 Å². The number of urea groups is 1. The first kappa shape index (κ1) is 17.5. The van der Waals surface area contributed by atoms with Crippen LogP contribution in [0.2, 0.25) is 0 Å². The number of hydrogen-bond acceptors (Lipinski definition) is 3. The van der Waals surface area contributed by atoms with Gasteiger partial charge in [-0.3, -0.25) is 4.79 Å². The van der Waals surface area contributed by atoms with Gasteiger partial charge in [-0.25, -0.2) is 4.79 Å². The Kier molecular flexibility index (Phi) is 4.64. The zero-order chi connectivity index (χ0) is 19.5. The molecule has 0 spiro atoms. The summed E-state index contributed by atoms with van der Waals surface area (Å²) in [5.74, 6) is 0.517. The van der Waals surface area contributed by atoms with Gasteiger partial charge in [-0.05, 0) is 43.3 Å². The van der Waals surface area contributed by atoms with Crippen molar-refractivity contribution in [1.82, 2.24) is 0 Å². The minimum atomic E-state index is -0.383. The molecule has 5 heteroatoms. The highest BCUT2D eigenvalue weighted by Crippen LogP contribution is 2.24. The van der Waals surface area contributed by atoms with Crippen LogP contribution < -0.4 is 16.1 Å². The van der Waals surface area contributed by atoms with Crippen molar-refractivity contribution >= 4 is 28.4 Å². The Labute approximate surface area is 161 Å². The van der Waals surface area contributed by atoms with E-state index in [0.29, 0.717) is 28.1 Å². The highest BCUT2D eigenvalue weighted by Gasteiger charge is 2.09. The maximum absolute atomic E-state index is 12.6. The van der Waals surface area contributed by atoms with Gasteiger partial charge in [0, 0.05) is 23.0 Å². The summed E-state index contributed by atoms with van der Waals surface area (Å²) in [6.07, 6.45) is 0. The number of para-hydroxylation sites is 1. The van der Waals surface area contributed by atoms with Crippen molar-refractivity contribution in [2.75, 3.05) is 10.6 Å². The van der Waals surface area contributed by atoms with E-state index in [-0.39, 0.29) is 11.5 Å². The van der Waals surface area contributed by atoms with E-state index < -0.39 is 0 Å². The number of carbonyl (C=O) groups is 1. The lowest BCUT2D eigenvalue weighted by atomic mass is 10.1. The maximum Gasteiger partial charge on any atom is 0.323 e. The zero-order valence-corrected chi connectivity index (χ0v) is 15.2. The molecule has 0 saturated heterocycles. The fourth-order valence-electron chi connectivity index (χ4n) is 2.99. The molecule has 2 N–H and O–H groups in total. The molecular formula is C23H18N2O3. The second-order valence-corrected chi connectivity index (χ2v) is 6.50. The van der Waals surface area contributed by atoms with Crippen LogP contribution in [-0.4, -0.2) is 6.03 Å². The van der Waals surface area contributed by atoms with Gasteiger partial charge in [0.15, 0.2) is 5.43 Å². The highest BCUT2D eigenvalue weighted by molar-refractivity contribution is 6.00. The number of anilines is 2. The quantitative estimate of drug-likeness (QED) is 0.506. The Hall–Kier alpha value is -3.86. The van der Waals surface area contributed by atoms with Crippen LogP contribution in [0.3, 0.4) is 0 Å². The monoisotopic (exact) mass is 370 g/mol. The molecule has 0 fully saturated rings. The van der Waals surface area contributed by atoms with Crippen LogP contribution in [0, 0.1) is 6.92 Å². The van der Waals surface area contributed by atoms with Crippen LogP contribution in [-0.2, 0) is 0 Å². The number of aryl methyl sites for hydroxylation is 1. The molecule has 5 nitrogen and oxygen atoms in total. The van der Waals surface area contributed by atoms with Gasteiger partial charge in [0.1, 0.15) is 11.3 Å². The van der Waals surface area contributed by atoms with Gasteiger partial charge in [-0.2, -0.15) is 0 Å². The Morgan fingerprint density at radius 3 is 2.39 bits per heavy atom. The van der Waals surface area contributed by atoms with E-state index >= 15 is 0 Å². The number of amides is 2. The number of carbonyl (C=O) groups excluding carboxylic acids is 1. The maximum atomic E-state index is 12.6. The predicted octanol–water partition coefficient (Wildman–Crippen LogP) is 5.41. The SMILES string of the molecule is Cc1cccc(-c2cc(=O)c3cc(NC(=O)Nc4ccccc4)ccc3o2)c1. The van der Waals surface area contributed by atoms with Crippen LogP contribution in [0.15, 0.2) is 88.1 Å². The smallest absolute Gasteiger partial charge is 0.323 e. The molecule has 1 aromatic heterocycles. The van der Waals surface area contributed by atoms with Crippen molar-refractivity contribution in [3.8, 4) is 11.3 Å². The summed E-state index contributed by atoms with van der Waals surface area (Å²) in [6.45, 7) is 1.99. The van der Waals surface area contributed by atoms with Crippen LogP contribution in [0.5, 0.6) is 0 Å². The van der Waals surface area contributed by atoms with Gasteiger partial charge < -0.3 is 15.1 Å². The van der Waals surface area contributed by atoms with E-state index in [1.165, 1.54) is 6.07 Å². The van der Waals surface area contributed by atoms with Gasteiger partial charge in [-0.15, -0.1) is 0 Å². The van der Waals surface area contributed by atoms with Crippen molar-refractivity contribution in [3.63, 3.8) is 0 Å². The van der Waals surface area contributed by atoms with Crippen molar-refractivity contribution in [2.45, 2.75) is 6.92 Å². The van der Waals surface area contributed by atoms with Crippen molar-refractivity contribution in [2.24, 2.45) is 0 Å². The largest absolute Gasteiger partial charge is 0.456 e. The standard InChI is InChI=1S/C23H18N2O3/c1-15-6-5-7-16(12-15)22-14-20(26)19-13-18(10-11-21(19)28-22)25-23(27)24-17-8-3-2-4-9-17/h2-14H,1H3,(H2,24,25,27). The third-order valence-corrected chi connectivity index (χ3v) is 4.32. The van der Waals surface area contributed by atoms with E-state index in [2.05, 4.69) is 10.6 Å². The molecule has 2 amide bonds. The number of rotatable bonds is 3. The topological polar surface area (TPSA) is 71.3 Å². The molecular weight excluding hydrogens is 352 g/mol. The molecule has 0 unspecified atom stereocenters. The average molecular weight is 370 g/mol. The minimum absolute atomic E-state index is 0.162. The number of benzene rings is 3. The molecule has 4 aromatic rings. The van der Waals surface area contributed by atoms with Gasteiger partial charge in [0.25, 0.3) is 0 Å². The molecule has 0 aliphatic heterocycles. The molecule has 28 heavy (non-hydrogen) atoms. The molecule has 0 aliphatic rings. The van der Waals surface area contributed by atoms with Crippen LogP contribution in [0.1, 0.15) is 5.56 Å². The molecule has 0 atom stereocenters. The first-order chi connectivity index (χ1) is 13.6. The van der Waals surface area contributed by atoms with Crippen LogP contribution in [0.4, 0.5) is 16.2 Å². The second kappa shape index (κ2) is 7.40. The van der Waals surface area contributed by atoms with E-state index in [9.17, 15) is 9.59 Å².